The Kier molecular flexibility index (Phi) is 5.33. The number of nitrogens with zero attached hydrogens (tertiary/aromatic N) is 1. The summed E-state index contributed by atoms with van der Waals surface area (Å²) in [7, 11) is 2.17. The summed E-state index contributed by atoms with van der Waals surface area (Å²) in [5.41, 5.74) is 1.37. The average Bonchev–Trinajstić information content (AvgIpc) is 2.34. The highest BCUT2D eigenvalue weighted by Crippen LogP contribution is 2.28. The number of piperidine rings is 1. The summed E-state index contributed by atoms with van der Waals surface area (Å²) in [6.07, 6.45) is 2.47. The first-order valence-corrected chi connectivity index (χ1v) is 6.23. The first-order chi connectivity index (χ1) is 7.75. The van der Waals surface area contributed by atoms with E-state index >= 15 is 0 Å². The molecule has 2 nitrogen and oxygen atoms in total. The number of phenolic OH excluding ortho intramolecular Hbond substituents is 1. The number of aromatic hydroxyl groups is 1. The maximum Gasteiger partial charge on any atom is 0.115 e. The summed E-state index contributed by atoms with van der Waals surface area (Å²) >= 11 is 0. The van der Waals surface area contributed by atoms with Crippen molar-refractivity contribution in [3.05, 3.63) is 29.8 Å². The van der Waals surface area contributed by atoms with Gasteiger partial charge in [-0.1, -0.05) is 26.0 Å². The molecule has 0 radical (unpaired) electrons. The lowest BCUT2D eigenvalue weighted by Crippen LogP contribution is -2.29. The Morgan fingerprint density at radius 2 is 1.56 bits per heavy atom. The Morgan fingerprint density at radius 1 is 1.06 bits per heavy atom. The van der Waals surface area contributed by atoms with Gasteiger partial charge in [0.25, 0.3) is 0 Å². The average molecular weight is 221 g/mol. The number of hydrogen-bond acceptors (Lipinski definition) is 2. The van der Waals surface area contributed by atoms with Crippen molar-refractivity contribution in [2.45, 2.75) is 32.6 Å². The molecule has 1 fully saturated rings. The van der Waals surface area contributed by atoms with Crippen LogP contribution in [0, 0.1) is 0 Å². The zero-order valence-corrected chi connectivity index (χ0v) is 10.6. The molecule has 1 aromatic rings. The summed E-state index contributed by atoms with van der Waals surface area (Å²) in [4.78, 5) is 2.37. The summed E-state index contributed by atoms with van der Waals surface area (Å²) in [5.74, 6) is 1.05. The molecule has 16 heavy (non-hydrogen) atoms. The molecule has 2 heteroatoms. The van der Waals surface area contributed by atoms with E-state index in [9.17, 15) is 5.11 Å². The molecule has 0 bridgehead atoms. The second-order valence-electron chi connectivity index (χ2n) is 4.17. The van der Waals surface area contributed by atoms with Crippen LogP contribution in [0.4, 0.5) is 0 Å². The topological polar surface area (TPSA) is 23.5 Å². The number of likely N-dealkylation sites (tertiary alicyclic amines) is 1. The van der Waals surface area contributed by atoms with Crippen LogP contribution < -0.4 is 0 Å². The van der Waals surface area contributed by atoms with Crippen LogP contribution in [0.1, 0.15) is 38.2 Å². The molecule has 0 saturated carbocycles. The fraction of sp³-hybridized carbons (Fsp3) is 0.571. The van der Waals surface area contributed by atoms with Gasteiger partial charge in [0.05, 0.1) is 0 Å². The first-order valence-electron chi connectivity index (χ1n) is 6.23. The Bertz CT molecular complexity index is 286. The van der Waals surface area contributed by atoms with Gasteiger partial charge < -0.3 is 10.0 Å². The fourth-order valence-corrected chi connectivity index (χ4v) is 2.09. The van der Waals surface area contributed by atoms with Crippen LogP contribution in [0.2, 0.25) is 0 Å². The SMILES string of the molecule is CC.CN1CCC(c2ccc(O)cc2)CC1. The van der Waals surface area contributed by atoms with Gasteiger partial charge >= 0.3 is 0 Å². The Hall–Kier alpha value is -1.02. The summed E-state index contributed by atoms with van der Waals surface area (Å²) < 4.78 is 0. The minimum Gasteiger partial charge on any atom is -0.508 e. The second kappa shape index (κ2) is 6.54. The summed E-state index contributed by atoms with van der Waals surface area (Å²) in [6.45, 7) is 6.37. The molecule has 1 aliphatic heterocycles. The molecule has 1 aliphatic rings. The highest BCUT2D eigenvalue weighted by Gasteiger charge is 2.17. The quantitative estimate of drug-likeness (QED) is 0.787. The minimum atomic E-state index is 0.363. The van der Waals surface area contributed by atoms with Gasteiger partial charge in [-0.2, -0.15) is 0 Å². The lowest BCUT2D eigenvalue weighted by Gasteiger charge is -2.29. The maximum atomic E-state index is 9.19. The van der Waals surface area contributed by atoms with E-state index in [4.69, 9.17) is 0 Å². The van der Waals surface area contributed by atoms with E-state index in [-0.39, 0.29) is 0 Å². The monoisotopic (exact) mass is 221 g/mol. The van der Waals surface area contributed by atoms with Crippen molar-refractivity contribution >= 4 is 0 Å². The predicted molar refractivity (Wildman–Crippen MR) is 68.9 cm³/mol. The number of benzene rings is 1. The van der Waals surface area contributed by atoms with E-state index in [1.165, 1.54) is 31.5 Å². The normalized spacial score (nSPS) is 17.7. The van der Waals surface area contributed by atoms with Crippen molar-refractivity contribution < 1.29 is 5.11 Å². The third-order valence-electron chi connectivity index (χ3n) is 3.08. The van der Waals surface area contributed by atoms with Crippen LogP contribution in [0.3, 0.4) is 0 Å². The largest absolute Gasteiger partial charge is 0.508 e. The lowest BCUT2D eigenvalue weighted by molar-refractivity contribution is 0.255. The highest BCUT2D eigenvalue weighted by atomic mass is 16.3. The van der Waals surface area contributed by atoms with E-state index in [1.54, 1.807) is 12.1 Å². The van der Waals surface area contributed by atoms with Crippen LogP contribution in [0.5, 0.6) is 5.75 Å². The molecule has 0 unspecified atom stereocenters. The zero-order valence-electron chi connectivity index (χ0n) is 10.6. The van der Waals surface area contributed by atoms with Gasteiger partial charge in [0.2, 0.25) is 0 Å². The fourth-order valence-electron chi connectivity index (χ4n) is 2.09. The molecule has 1 N–H and O–H groups in total. The lowest BCUT2D eigenvalue weighted by atomic mass is 9.90. The summed E-state index contributed by atoms with van der Waals surface area (Å²) in [6, 6.07) is 7.66. The second-order valence-corrected chi connectivity index (χ2v) is 4.17. The van der Waals surface area contributed by atoms with Crippen LogP contribution in [0.15, 0.2) is 24.3 Å². The Labute approximate surface area is 98.9 Å². The molecular formula is C14H23NO. The maximum absolute atomic E-state index is 9.19. The first kappa shape index (κ1) is 13.0. The molecule has 90 valence electrons. The van der Waals surface area contributed by atoms with Crippen molar-refractivity contribution in [1.29, 1.82) is 0 Å². The zero-order chi connectivity index (χ0) is 12.0. The van der Waals surface area contributed by atoms with Gasteiger partial charge in [-0.3, -0.25) is 0 Å². The molecule has 0 aliphatic carbocycles. The molecule has 1 saturated heterocycles. The van der Waals surface area contributed by atoms with Crippen molar-refractivity contribution in [3.63, 3.8) is 0 Å². The van der Waals surface area contributed by atoms with Crippen molar-refractivity contribution in [3.8, 4) is 5.75 Å². The molecule has 0 amide bonds. The van der Waals surface area contributed by atoms with Crippen molar-refractivity contribution in [2.24, 2.45) is 0 Å². The Balaban J connectivity index is 0.000000606. The Morgan fingerprint density at radius 3 is 2.06 bits per heavy atom. The predicted octanol–water partition coefficient (Wildman–Crippen LogP) is 3.23. The minimum absolute atomic E-state index is 0.363. The van der Waals surface area contributed by atoms with Crippen molar-refractivity contribution in [2.75, 3.05) is 20.1 Å². The summed E-state index contributed by atoms with van der Waals surface area (Å²) in [5, 5.41) is 9.19. The van der Waals surface area contributed by atoms with Crippen LogP contribution in [-0.2, 0) is 0 Å². The van der Waals surface area contributed by atoms with E-state index in [0.717, 1.165) is 0 Å². The van der Waals surface area contributed by atoms with Crippen LogP contribution in [-0.4, -0.2) is 30.1 Å². The van der Waals surface area contributed by atoms with E-state index in [0.29, 0.717) is 11.7 Å². The molecule has 0 atom stereocenters. The van der Waals surface area contributed by atoms with Crippen LogP contribution in [0.25, 0.3) is 0 Å². The van der Waals surface area contributed by atoms with Crippen molar-refractivity contribution in [1.82, 2.24) is 4.90 Å². The smallest absolute Gasteiger partial charge is 0.115 e. The van der Waals surface area contributed by atoms with Crippen LogP contribution >= 0.6 is 0 Å². The van der Waals surface area contributed by atoms with Gasteiger partial charge in [0.1, 0.15) is 5.75 Å². The molecule has 1 aromatic carbocycles. The number of rotatable bonds is 1. The van der Waals surface area contributed by atoms with Gasteiger partial charge in [0.15, 0.2) is 0 Å². The standard InChI is InChI=1S/C12H17NO.C2H6/c1-13-8-6-11(7-9-13)10-2-4-12(14)5-3-10;1-2/h2-5,11,14H,6-9H2,1H3;1-2H3. The number of hydrogen-bond donors (Lipinski definition) is 1. The van der Waals surface area contributed by atoms with Gasteiger partial charge in [-0.05, 0) is 56.6 Å². The number of phenols is 1. The third kappa shape index (κ3) is 3.53. The van der Waals surface area contributed by atoms with E-state index in [1.807, 2.05) is 26.0 Å². The molecule has 1 heterocycles. The van der Waals surface area contributed by atoms with Gasteiger partial charge in [-0.15, -0.1) is 0 Å². The molecular weight excluding hydrogens is 198 g/mol. The van der Waals surface area contributed by atoms with Gasteiger partial charge in [0, 0.05) is 0 Å². The van der Waals surface area contributed by atoms with E-state index < -0.39 is 0 Å². The molecule has 0 spiro atoms. The molecule has 0 aromatic heterocycles. The van der Waals surface area contributed by atoms with E-state index in [2.05, 4.69) is 11.9 Å². The third-order valence-corrected chi connectivity index (χ3v) is 3.08. The van der Waals surface area contributed by atoms with Gasteiger partial charge in [-0.25, -0.2) is 0 Å². The highest BCUT2D eigenvalue weighted by molar-refractivity contribution is 5.28. The molecule has 2 rings (SSSR count).